The van der Waals surface area contributed by atoms with Crippen LogP contribution in [0, 0.1) is 3.57 Å². The van der Waals surface area contributed by atoms with Gasteiger partial charge in [0.25, 0.3) is 5.56 Å². The van der Waals surface area contributed by atoms with Crippen LogP contribution in [-0.4, -0.2) is 8.58 Å². The van der Waals surface area contributed by atoms with Gasteiger partial charge >= 0.3 is 5.69 Å². The number of halogens is 2. The monoisotopic (exact) mass is 316 g/mol. The molecule has 1 aromatic heterocycles. The van der Waals surface area contributed by atoms with Crippen molar-refractivity contribution in [1.82, 2.24) is 8.58 Å². The van der Waals surface area contributed by atoms with E-state index in [0.717, 1.165) is 3.59 Å². The van der Waals surface area contributed by atoms with Gasteiger partial charge < -0.3 is 4.98 Å². The van der Waals surface area contributed by atoms with Gasteiger partial charge in [-0.2, -0.15) is 3.59 Å². The molecule has 0 saturated carbocycles. The van der Waals surface area contributed by atoms with E-state index in [2.05, 4.69) is 21.1 Å². The molecule has 1 rings (SSSR count). The summed E-state index contributed by atoms with van der Waals surface area (Å²) in [6, 6.07) is 0. The number of aromatic nitrogens is 2. The minimum Gasteiger partial charge on any atom is -0.312 e. The number of nitrogens with one attached hydrogen (secondary N) is 1. The van der Waals surface area contributed by atoms with E-state index in [0.29, 0.717) is 3.57 Å². The van der Waals surface area contributed by atoms with Crippen LogP contribution in [0.2, 0.25) is 0 Å². The van der Waals surface area contributed by atoms with E-state index >= 15 is 0 Å². The molecular formula is C4H2BrIN2O2. The minimum absolute atomic E-state index is 0.343. The first-order chi connectivity index (χ1) is 4.63. The number of rotatable bonds is 0. The van der Waals surface area contributed by atoms with Gasteiger partial charge in [0.15, 0.2) is 0 Å². The van der Waals surface area contributed by atoms with E-state index in [1.54, 1.807) is 0 Å². The van der Waals surface area contributed by atoms with E-state index in [-0.39, 0.29) is 5.56 Å². The Labute approximate surface area is 77.7 Å². The van der Waals surface area contributed by atoms with Crippen molar-refractivity contribution >= 4 is 38.7 Å². The Bertz CT molecular complexity index is 355. The van der Waals surface area contributed by atoms with Gasteiger partial charge in [-0.15, -0.1) is 0 Å². The Morgan fingerprint density at radius 3 is 2.70 bits per heavy atom. The van der Waals surface area contributed by atoms with Gasteiger partial charge in [-0.25, -0.2) is 4.79 Å². The van der Waals surface area contributed by atoms with Gasteiger partial charge in [0.1, 0.15) is 0 Å². The summed E-state index contributed by atoms with van der Waals surface area (Å²) in [7, 11) is 0. The Morgan fingerprint density at radius 2 is 2.20 bits per heavy atom. The zero-order valence-corrected chi connectivity index (χ0v) is 8.34. The summed E-state index contributed by atoms with van der Waals surface area (Å²) in [5, 5.41) is 0. The van der Waals surface area contributed by atoms with Crippen molar-refractivity contribution in [1.29, 1.82) is 0 Å². The van der Waals surface area contributed by atoms with Gasteiger partial charge in [-0.05, 0) is 22.6 Å². The second kappa shape index (κ2) is 2.87. The maximum Gasteiger partial charge on any atom is 0.338 e. The van der Waals surface area contributed by atoms with Crippen LogP contribution in [0.15, 0.2) is 15.8 Å². The first-order valence-electron chi connectivity index (χ1n) is 2.29. The molecule has 0 atom stereocenters. The molecule has 1 heterocycles. The molecular weight excluding hydrogens is 315 g/mol. The summed E-state index contributed by atoms with van der Waals surface area (Å²) in [5.41, 5.74) is -0.810. The number of hydrogen-bond donors (Lipinski definition) is 1. The van der Waals surface area contributed by atoms with Crippen LogP contribution in [0.5, 0.6) is 0 Å². The molecule has 0 aromatic carbocycles. The van der Waals surface area contributed by atoms with E-state index in [1.807, 2.05) is 22.6 Å². The van der Waals surface area contributed by atoms with E-state index in [4.69, 9.17) is 0 Å². The van der Waals surface area contributed by atoms with E-state index in [1.165, 1.54) is 6.20 Å². The Balaban J connectivity index is 3.66. The summed E-state index contributed by atoms with van der Waals surface area (Å²) in [5.74, 6) is 0. The molecule has 0 unspecified atom stereocenters. The molecule has 0 spiro atoms. The minimum atomic E-state index is -0.467. The van der Waals surface area contributed by atoms with Crippen molar-refractivity contribution in [3.8, 4) is 0 Å². The maximum atomic E-state index is 10.9. The highest BCUT2D eigenvalue weighted by Crippen LogP contribution is 1.91. The molecule has 6 heteroatoms. The smallest absolute Gasteiger partial charge is 0.312 e. The lowest BCUT2D eigenvalue weighted by atomic mass is 10.7. The lowest BCUT2D eigenvalue weighted by molar-refractivity contribution is 0.980. The Morgan fingerprint density at radius 1 is 1.60 bits per heavy atom. The molecule has 0 aliphatic heterocycles. The van der Waals surface area contributed by atoms with Crippen LogP contribution < -0.4 is 11.2 Å². The predicted molar refractivity (Wildman–Crippen MR) is 48.4 cm³/mol. The molecule has 54 valence electrons. The maximum absolute atomic E-state index is 10.9. The van der Waals surface area contributed by atoms with Crippen molar-refractivity contribution in [2.75, 3.05) is 0 Å². The molecule has 0 bridgehead atoms. The average molecular weight is 317 g/mol. The first kappa shape index (κ1) is 7.99. The average Bonchev–Trinajstić information content (AvgIpc) is 1.93. The number of H-pyrrole nitrogens is 1. The van der Waals surface area contributed by atoms with E-state index in [9.17, 15) is 9.59 Å². The third-order valence-corrected chi connectivity index (χ3v) is 2.30. The van der Waals surface area contributed by atoms with Crippen LogP contribution in [-0.2, 0) is 0 Å². The summed E-state index contributed by atoms with van der Waals surface area (Å²) in [6.45, 7) is 0. The molecule has 4 nitrogen and oxygen atoms in total. The highest BCUT2D eigenvalue weighted by molar-refractivity contribution is 14.1. The number of hydrogen-bond acceptors (Lipinski definition) is 2. The fraction of sp³-hybridized carbons (Fsp3) is 0. The van der Waals surface area contributed by atoms with Crippen LogP contribution in [0.3, 0.4) is 0 Å². The third-order valence-electron chi connectivity index (χ3n) is 0.883. The summed E-state index contributed by atoms with van der Waals surface area (Å²) < 4.78 is 1.31. The second-order valence-electron chi connectivity index (χ2n) is 1.53. The highest BCUT2D eigenvalue weighted by atomic mass is 127. The normalized spacial score (nSPS) is 9.80. The summed E-state index contributed by atoms with van der Waals surface area (Å²) in [4.78, 5) is 23.9. The molecule has 10 heavy (non-hydrogen) atoms. The van der Waals surface area contributed by atoms with Gasteiger partial charge in [0.05, 0.1) is 19.7 Å². The van der Waals surface area contributed by atoms with Gasteiger partial charge in [0, 0.05) is 6.20 Å². The van der Waals surface area contributed by atoms with E-state index < -0.39 is 5.69 Å². The first-order valence-corrected chi connectivity index (χ1v) is 4.08. The van der Waals surface area contributed by atoms with Crippen molar-refractivity contribution in [3.63, 3.8) is 0 Å². The third kappa shape index (κ3) is 1.31. The molecule has 1 aromatic rings. The predicted octanol–water partition coefficient (Wildman–Crippen LogP) is 0.299. The number of aromatic amines is 1. The van der Waals surface area contributed by atoms with Gasteiger partial charge in [0.2, 0.25) is 0 Å². The summed E-state index contributed by atoms with van der Waals surface area (Å²) in [6.07, 6.45) is 1.36. The molecule has 0 aliphatic rings. The zero-order chi connectivity index (χ0) is 7.72. The van der Waals surface area contributed by atoms with Crippen LogP contribution in [0.4, 0.5) is 0 Å². The lowest BCUT2D eigenvalue weighted by Gasteiger charge is -1.90. The van der Waals surface area contributed by atoms with Gasteiger partial charge in [-0.3, -0.25) is 4.79 Å². The lowest BCUT2D eigenvalue weighted by Crippen LogP contribution is -2.29. The summed E-state index contributed by atoms with van der Waals surface area (Å²) >= 11 is 4.62. The molecule has 0 aliphatic carbocycles. The molecule has 0 saturated heterocycles. The largest absolute Gasteiger partial charge is 0.338 e. The van der Waals surface area contributed by atoms with Crippen molar-refractivity contribution in [2.45, 2.75) is 0 Å². The fourth-order valence-electron chi connectivity index (χ4n) is 0.430. The highest BCUT2D eigenvalue weighted by Gasteiger charge is 1.99. The Hall–Kier alpha value is -0.110. The topological polar surface area (TPSA) is 54.9 Å². The molecule has 1 N–H and O–H groups in total. The van der Waals surface area contributed by atoms with Crippen molar-refractivity contribution in [3.05, 3.63) is 30.6 Å². The van der Waals surface area contributed by atoms with Crippen LogP contribution >= 0.6 is 38.7 Å². The van der Waals surface area contributed by atoms with Crippen molar-refractivity contribution < 1.29 is 0 Å². The van der Waals surface area contributed by atoms with Crippen molar-refractivity contribution in [2.24, 2.45) is 0 Å². The molecule has 0 fully saturated rings. The van der Waals surface area contributed by atoms with Gasteiger partial charge in [-0.1, -0.05) is 0 Å². The number of nitrogens with zero attached hydrogens (tertiary/aromatic N) is 1. The van der Waals surface area contributed by atoms with Crippen LogP contribution in [0.1, 0.15) is 0 Å². The van der Waals surface area contributed by atoms with Crippen LogP contribution in [0.25, 0.3) is 0 Å². The molecule has 0 amide bonds. The second-order valence-corrected chi connectivity index (χ2v) is 3.40. The fourth-order valence-corrected chi connectivity index (χ4v) is 1.45. The Kier molecular flexibility index (Phi) is 2.29. The SMILES string of the molecule is O=c1[nH]cc(I)c(=O)n1Br. The standard InChI is InChI=1S/C4H2BrIN2O2/c5-8-3(9)2(6)1-7-4(8)10/h1H,(H,7,10). The quantitative estimate of drug-likeness (QED) is 0.700. The molecule has 0 radical (unpaired) electrons. The zero-order valence-electron chi connectivity index (χ0n) is 4.60.